The fourth-order valence-corrected chi connectivity index (χ4v) is 5.38. The molecular weight excluding hydrogens is 374 g/mol. The van der Waals surface area contributed by atoms with E-state index in [2.05, 4.69) is 5.32 Å². The van der Waals surface area contributed by atoms with Crippen LogP contribution in [0.3, 0.4) is 0 Å². The highest BCUT2D eigenvalue weighted by Crippen LogP contribution is 2.31. The fraction of sp³-hybridized carbons (Fsp3) is 0.905. The number of amides is 3. The van der Waals surface area contributed by atoms with Gasteiger partial charge in [-0.05, 0) is 25.2 Å². The maximum absolute atomic E-state index is 13.6. The van der Waals surface area contributed by atoms with E-state index >= 15 is 0 Å². The van der Waals surface area contributed by atoms with Crippen LogP contribution in [0.4, 0.5) is 4.79 Å². The van der Waals surface area contributed by atoms with Gasteiger partial charge in [0, 0.05) is 19.6 Å². The number of nitrogens with zero attached hydrogens (tertiary/aromatic N) is 2. The molecule has 8 heteroatoms. The molecule has 0 aromatic carbocycles. The molecule has 2 N–H and O–H groups in total. The van der Waals surface area contributed by atoms with Gasteiger partial charge in [0.25, 0.3) is 0 Å². The van der Waals surface area contributed by atoms with Crippen LogP contribution < -0.4 is 5.32 Å². The minimum absolute atomic E-state index is 0.0589. The third kappa shape index (κ3) is 4.86. The SMILES string of the molecule is O=C(N[C@@H](CC1CCCCC1)C(=O)N1CCC[C@H]2OCC(O)[C@H]21)N1CCOCC1. The molecule has 0 radical (unpaired) electrons. The first kappa shape index (κ1) is 20.9. The number of ether oxygens (including phenoxy) is 2. The zero-order chi connectivity index (χ0) is 20.2. The highest BCUT2D eigenvalue weighted by atomic mass is 16.5. The Morgan fingerprint density at radius 2 is 1.79 bits per heavy atom. The molecule has 1 unspecified atom stereocenters. The van der Waals surface area contributed by atoms with Crippen molar-refractivity contribution < 1.29 is 24.2 Å². The average Bonchev–Trinajstić information content (AvgIpc) is 3.15. The number of carbonyl (C=O) groups excluding carboxylic acids is 2. The number of aliphatic hydroxyl groups excluding tert-OH is 1. The standard InChI is InChI=1S/C21H35N3O5/c25-17-14-29-18-7-4-8-24(19(17)18)20(26)16(13-15-5-2-1-3-6-15)22-21(27)23-9-11-28-12-10-23/h15-19,25H,1-14H2,(H,22,27)/t16-,17?,18+,19+/m0/s1. The van der Waals surface area contributed by atoms with Gasteiger partial charge in [-0.15, -0.1) is 0 Å². The quantitative estimate of drug-likeness (QED) is 0.726. The van der Waals surface area contributed by atoms with Gasteiger partial charge in [-0.1, -0.05) is 32.1 Å². The van der Waals surface area contributed by atoms with E-state index in [1.807, 2.05) is 0 Å². The summed E-state index contributed by atoms with van der Waals surface area (Å²) < 4.78 is 11.0. The van der Waals surface area contributed by atoms with E-state index in [-0.39, 0.29) is 30.7 Å². The van der Waals surface area contributed by atoms with Crippen LogP contribution in [0.5, 0.6) is 0 Å². The van der Waals surface area contributed by atoms with Crippen molar-refractivity contribution in [3.8, 4) is 0 Å². The monoisotopic (exact) mass is 409 g/mol. The predicted octanol–water partition coefficient (Wildman–Crippen LogP) is 1.12. The van der Waals surface area contributed by atoms with Gasteiger partial charge in [-0.3, -0.25) is 4.79 Å². The lowest BCUT2D eigenvalue weighted by atomic mass is 9.84. The van der Waals surface area contributed by atoms with Gasteiger partial charge in [0.15, 0.2) is 0 Å². The van der Waals surface area contributed by atoms with Gasteiger partial charge in [-0.2, -0.15) is 0 Å². The fourth-order valence-electron chi connectivity index (χ4n) is 5.38. The third-order valence-corrected chi connectivity index (χ3v) is 6.97. The summed E-state index contributed by atoms with van der Waals surface area (Å²) >= 11 is 0. The second kappa shape index (κ2) is 9.62. The van der Waals surface area contributed by atoms with E-state index < -0.39 is 12.1 Å². The zero-order valence-electron chi connectivity index (χ0n) is 17.3. The number of piperidine rings is 1. The molecular formula is C21H35N3O5. The highest BCUT2D eigenvalue weighted by molar-refractivity contribution is 5.87. The summed E-state index contributed by atoms with van der Waals surface area (Å²) in [5.41, 5.74) is 0. The molecule has 1 saturated carbocycles. The molecule has 3 heterocycles. The van der Waals surface area contributed by atoms with Gasteiger partial charge in [0.2, 0.25) is 5.91 Å². The Morgan fingerprint density at radius 3 is 2.55 bits per heavy atom. The van der Waals surface area contributed by atoms with Crippen LogP contribution in [0.2, 0.25) is 0 Å². The summed E-state index contributed by atoms with van der Waals surface area (Å²) in [4.78, 5) is 29.9. The van der Waals surface area contributed by atoms with Crippen LogP contribution >= 0.6 is 0 Å². The minimum Gasteiger partial charge on any atom is -0.388 e. The van der Waals surface area contributed by atoms with E-state index in [0.29, 0.717) is 45.2 Å². The van der Waals surface area contributed by atoms with E-state index in [1.54, 1.807) is 9.80 Å². The Labute approximate surface area is 172 Å². The largest absolute Gasteiger partial charge is 0.388 e. The molecule has 8 nitrogen and oxygen atoms in total. The van der Waals surface area contributed by atoms with Crippen molar-refractivity contribution in [3.05, 3.63) is 0 Å². The Balaban J connectivity index is 1.47. The van der Waals surface area contributed by atoms with Crippen LogP contribution in [0.15, 0.2) is 0 Å². The van der Waals surface area contributed by atoms with Crippen LogP contribution in [0.1, 0.15) is 51.4 Å². The topological polar surface area (TPSA) is 91.3 Å². The average molecular weight is 410 g/mol. The normalized spacial score (nSPS) is 32.0. The van der Waals surface area contributed by atoms with Crippen LogP contribution in [-0.4, -0.2) is 90.6 Å². The van der Waals surface area contributed by atoms with E-state index in [0.717, 1.165) is 25.7 Å². The Hall–Kier alpha value is -1.38. The van der Waals surface area contributed by atoms with Gasteiger partial charge < -0.3 is 29.7 Å². The lowest BCUT2D eigenvalue weighted by Gasteiger charge is -2.40. The first-order valence-electron chi connectivity index (χ1n) is 11.4. The number of morpholine rings is 1. The van der Waals surface area contributed by atoms with Crippen LogP contribution in [0.25, 0.3) is 0 Å². The first-order valence-corrected chi connectivity index (χ1v) is 11.4. The zero-order valence-corrected chi connectivity index (χ0v) is 17.3. The third-order valence-electron chi connectivity index (χ3n) is 6.97. The lowest BCUT2D eigenvalue weighted by Crippen LogP contribution is -2.60. The second-order valence-electron chi connectivity index (χ2n) is 8.94. The number of likely N-dealkylation sites (tertiary alicyclic amines) is 1. The number of carbonyl (C=O) groups is 2. The predicted molar refractivity (Wildman–Crippen MR) is 106 cm³/mol. The van der Waals surface area contributed by atoms with Gasteiger partial charge in [0.1, 0.15) is 12.1 Å². The maximum atomic E-state index is 13.6. The summed E-state index contributed by atoms with van der Waals surface area (Å²) in [6.45, 7) is 3.08. The summed E-state index contributed by atoms with van der Waals surface area (Å²) in [5, 5.41) is 13.4. The summed E-state index contributed by atoms with van der Waals surface area (Å²) in [6, 6.07) is -1.01. The van der Waals surface area contributed by atoms with Crippen molar-refractivity contribution in [2.24, 2.45) is 5.92 Å². The number of hydrogen-bond donors (Lipinski definition) is 2. The summed E-state index contributed by atoms with van der Waals surface area (Å²) in [5.74, 6) is 0.407. The lowest BCUT2D eigenvalue weighted by molar-refractivity contribution is -0.141. The van der Waals surface area contributed by atoms with Crippen LogP contribution in [0, 0.1) is 5.92 Å². The molecule has 3 amide bonds. The Bertz CT molecular complexity index is 575. The molecule has 0 bridgehead atoms. The van der Waals surface area contributed by atoms with E-state index in [9.17, 15) is 14.7 Å². The number of rotatable bonds is 4. The molecule has 3 saturated heterocycles. The number of urea groups is 1. The van der Waals surface area contributed by atoms with Crippen LogP contribution in [-0.2, 0) is 14.3 Å². The summed E-state index contributed by atoms with van der Waals surface area (Å²) in [6.07, 6.45) is 7.58. The van der Waals surface area contributed by atoms with Gasteiger partial charge >= 0.3 is 6.03 Å². The molecule has 164 valence electrons. The molecule has 29 heavy (non-hydrogen) atoms. The van der Waals surface area contributed by atoms with Crippen molar-refractivity contribution in [1.82, 2.24) is 15.1 Å². The number of nitrogens with one attached hydrogen (secondary N) is 1. The number of hydrogen-bond acceptors (Lipinski definition) is 5. The highest BCUT2D eigenvalue weighted by Gasteiger charge is 2.46. The molecule has 4 atom stereocenters. The second-order valence-corrected chi connectivity index (χ2v) is 8.94. The van der Waals surface area contributed by atoms with Crippen molar-refractivity contribution in [2.75, 3.05) is 39.5 Å². The van der Waals surface area contributed by atoms with Gasteiger partial charge in [0.05, 0.1) is 32.0 Å². The van der Waals surface area contributed by atoms with E-state index in [1.165, 1.54) is 19.3 Å². The molecule has 3 aliphatic heterocycles. The molecule has 4 fully saturated rings. The van der Waals surface area contributed by atoms with E-state index in [4.69, 9.17) is 9.47 Å². The minimum atomic E-state index is -0.644. The maximum Gasteiger partial charge on any atom is 0.318 e. The van der Waals surface area contributed by atoms with Crippen molar-refractivity contribution in [2.45, 2.75) is 75.7 Å². The Kier molecular flexibility index (Phi) is 6.92. The van der Waals surface area contributed by atoms with Crippen molar-refractivity contribution in [3.63, 3.8) is 0 Å². The van der Waals surface area contributed by atoms with Crippen molar-refractivity contribution >= 4 is 11.9 Å². The molecule has 0 aromatic rings. The van der Waals surface area contributed by atoms with Gasteiger partial charge in [-0.25, -0.2) is 4.79 Å². The Morgan fingerprint density at radius 1 is 1.03 bits per heavy atom. The van der Waals surface area contributed by atoms with Crippen molar-refractivity contribution in [1.29, 1.82) is 0 Å². The molecule has 4 rings (SSSR count). The number of fused-ring (bicyclic) bond motifs is 1. The molecule has 0 aromatic heterocycles. The smallest absolute Gasteiger partial charge is 0.318 e. The summed E-state index contributed by atoms with van der Waals surface area (Å²) in [7, 11) is 0. The first-order chi connectivity index (χ1) is 14.1. The molecule has 0 spiro atoms. The number of aliphatic hydroxyl groups is 1. The molecule has 4 aliphatic rings. The molecule has 1 aliphatic carbocycles.